The predicted molar refractivity (Wildman–Crippen MR) is 351 cm³/mol. The number of aliphatic hydroxyl groups is 2. The summed E-state index contributed by atoms with van der Waals surface area (Å²) in [6, 6.07) is 28.5. The van der Waals surface area contributed by atoms with Crippen LogP contribution in [0.15, 0.2) is 147 Å². The largest absolute Gasteiger partial charge is 0.497 e. The second kappa shape index (κ2) is 30.6. The van der Waals surface area contributed by atoms with E-state index >= 15 is 0 Å². The van der Waals surface area contributed by atoms with Crippen LogP contribution in [0.25, 0.3) is 33.6 Å². The van der Waals surface area contributed by atoms with Gasteiger partial charge in [-0.25, -0.2) is 33.5 Å². The number of imidazole rings is 3. The first kappa shape index (κ1) is 64.9. The van der Waals surface area contributed by atoms with E-state index < -0.39 is 0 Å². The number of ether oxygens (including phenoxy) is 6. The fourth-order valence-corrected chi connectivity index (χ4v) is 10.4. The van der Waals surface area contributed by atoms with E-state index in [1.807, 2.05) is 119 Å². The smallest absolute Gasteiger partial charge is 0.245 e. The van der Waals surface area contributed by atoms with Crippen LogP contribution in [0.3, 0.4) is 0 Å². The van der Waals surface area contributed by atoms with Crippen molar-refractivity contribution in [3.05, 3.63) is 163 Å². The summed E-state index contributed by atoms with van der Waals surface area (Å²) in [5, 5.41) is 41.2. The van der Waals surface area contributed by atoms with Gasteiger partial charge in [0.15, 0.2) is 16.8 Å². The molecule has 28 nitrogen and oxygen atoms in total. The molecule has 0 spiro atoms. The SMILES string of the molecule is COc1cc(OC)cc(-n2cnc(N)c2)c1.COc1cc(OC)cc(-n2cnc(Nc3nc(Cl)nn4cccc34)c2)c1.COc1cc(OC)cc(-n2cnc(Nc3nc(N4CCC[C@H]4CO)nn4cccc34)c2)c1.Clc1nc(Cl)c2cccn2n1.OC[C@@H]1CCCN1. The van der Waals surface area contributed by atoms with E-state index in [2.05, 4.69) is 61.1 Å². The average Bonchev–Trinajstić information content (AvgIpc) is 1.64. The first-order valence-electron chi connectivity index (χ1n) is 28.6. The molecule has 12 aromatic rings. The minimum absolute atomic E-state index is 0.0399. The van der Waals surface area contributed by atoms with Gasteiger partial charge in [0.2, 0.25) is 16.5 Å². The minimum Gasteiger partial charge on any atom is -0.497 e. The number of hydrogen-bond acceptors (Lipinski definition) is 22. The Morgan fingerprint density at radius 3 is 1.41 bits per heavy atom. The van der Waals surface area contributed by atoms with Gasteiger partial charge in [-0.2, -0.15) is 9.97 Å². The topological polar surface area (TPSA) is 305 Å². The second-order valence-corrected chi connectivity index (χ2v) is 21.4. The van der Waals surface area contributed by atoms with Crippen LogP contribution in [0.5, 0.6) is 34.5 Å². The maximum Gasteiger partial charge on any atom is 0.245 e. The second-order valence-electron chi connectivity index (χ2n) is 20.3. The van der Waals surface area contributed by atoms with Gasteiger partial charge in [-0.15, -0.1) is 15.3 Å². The Morgan fingerprint density at radius 1 is 0.533 bits per heavy atom. The van der Waals surface area contributed by atoms with Crippen LogP contribution in [0.1, 0.15) is 25.7 Å². The van der Waals surface area contributed by atoms with Crippen molar-refractivity contribution in [1.29, 1.82) is 0 Å². The molecule has 0 radical (unpaired) electrons. The van der Waals surface area contributed by atoms with E-state index in [9.17, 15) is 5.11 Å². The van der Waals surface area contributed by atoms with E-state index in [1.165, 1.54) is 6.42 Å². The van der Waals surface area contributed by atoms with E-state index in [1.54, 1.807) is 98.3 Å². The lowest BCUT2D eigenvalue weighted by Gasteiger charge is -2.23. The van der Waals surface area contributed by atoms with Crippen molar-refractivity contribution < 1.29 is 38.6 Å². The van der Waals surface area contributed by atoms with Crippen LogP contribution < -0.4 is 55.0 Å². The summed E-state index contributed by atoms with van der Waals surface area (Å²) in [6.07, 6.45) is 20.3. The summed E-state index contributed by atoms with van der Waals surface area (Å²) in [4.78, 5) is 27.7. The van der Waals surface area contributed by atoms with Gasteiger partial charge in [-0.1, -0.05) is 11.6 Å². The van der Waals surface area contributed by atoms with Crippen molar-refractivity contribution in [2.75, 3.05) is 90.2 Å². The number of nitrogen functional groups attached to an aromatic ring is 1. The molecule has 2 aliphatic heterocycles. The van der Waals surface area contributed by atoms with Crippen LogP contribution >= 0.6 is 34.8 Å². The van der Waals surface area contributed by atoms with Crippen molar-refractivity contribution in [3.8, 4) is 51.6 Å². The minimum atomic E-state index is 0.0399. The highest BCUT2D eigenvalue weighted by Gasteiger charge is 2.27. The van der Waals surface area contributed by atoms with Crippen molar-refractivity contribution >= 4 is 86.4 Å². The summed E-state index contributed by atoms with van der Waals surface area (Å²) < 4.78 is 42.3. The number of anilines is 6. The monoisotopic (exact) mass is 1310 g/mol. The van der Waals surface area contributed by atoms with Crippen molar-refractivity contribution in [1.82, 2.24) is 77.8 Å². The Bertz CT molecular complexity index is 4310. The van der Waals surface area contributed by atoms with Crippen LogP contribution in [-0.4, -0.2) is 164 Å². The summed E-state index contributed by atoms with van der Waals surface area (Å²) in [5.41, 5.74) is 10.6. The molecule has 2 aliphatic rings. The number of nitrogens with two attached hydrogens (primary N) is 1. The van der Waals surface area contributed by atoms with Gasteiger partial charge in [-0.05, 0) is 91.8 Å². The molecule has 11 heterocycles. The molecule has 14 rings (SSSR count). The van der Waals surface area contributed by atoms with Gasteiger partial charge < -0.3 is 78.9 Å². The highest BCUT2D eigenvalue weighted by atomic mass is 35.5. The molecule has 0 unspecified atom stereocenters. The first-order valence-corrected chi connectivity index (χ1v) is 29.8. The highest BCUT2D eigenvalue weighted by Crippen LogP contribution is 2.31. The zero-order valence-corrected chi connectivity index (χ0v) is 53.1. The standard InChI is InChI=1S/C22H25N7O3.C17H15ClN6O2.C11H13N3O2.C6H3Cl2N3.C5H11NO/c1-31-17-9-16(10-18(11-17)32-2)27-12-20(23-14-27)24-21-19-6-4-8-29(19)26-22(25-21)28-7-3-5-15(28)13-30;1-25-12-6-11(7-13(8-12)26-2)23-9-15(19-10-23)20-16-14-4-3-5-24(14)22-17(18)21-16;1-15-9-3-8(4-10(5-9)16-2)14-6-11(12)13-7-14;7-5-4-2-1-3-11(4)10-6(8)9-5;7-4-5-2-1-3-6-5/h4,6,8-12,14-15,30H,3,5,7,13H2,1-2H3,(H,24,25,26);3-10H,1-2H3,(H,20,21,22);3-7H,12H2,1-2H3;1-3H;5-7H,1-4H2/t15-;;;;5-/m0...0/s1. The van der Waals surface area contributed by atoms with Crippen molar-refractivity contribution in [2.24, 2.45) is 0 Å². The number of halogens is 3. The molecule has 2 fully saturated rings. The molecule has 7 N–H and O–H groups in total. The van der Waals surface area contributed by atoms with Crippen LogP contribution in [0, 0.1) is 0 Å². The number of aromatic nitrogens is 15. The van der Waals surface area contributed by atoms with E-state index in [4.69, 9.17) is 79.0 Å². The van der Waals surface area contributed by atoms with E-state index in [0.29, 0.717) is 75.8 Å². The zero-order valence-electron chi connectivity index (χ0n) is 50.9. The molecule has 0 bridgehead atoms. The number of hydrogen-bond donors (Lipinski definition) is 6. The maximum absolute atomic E-state index is 9.71. The Balaban J connectivity index is 0.000000137. The van der Waals surface area contributed by atoms with Crippen LogP contribution in [0.4, 0.5) is 35.0 Å². The summed E-state index contributed by atoms with van der Waals surface area (Å²) in [5.74, 6) is 7.77. The molecular formula is C61H67Cl3N20O8. The molecule has 2 atom stereocenters. The molecule has 31 heteroatoms. The number of aliphatic hydroxyl groups excluding tert-OH is 2. The Labute approximate surface area is 542 Å². The van der Waals surface area contributed by atoms with Gasteiger partial charge in [-0.3, -0.25) is 0 Å². The molecule has 480 valence electrons. The maximum atomic E-state index is 9.71. The Kier molecular flexibility index (Phi) is 21.6. The molecule has 2 saturated heterocycles. The summed E-state index contributed by atoms with van der Waals surface area (Å²) in [6.45, 7) is 2.30. The predicted octanol–water partition coefficient (Wildman–Crippen LogP) is 9.20. The lowest BCUT2D eigenvalue weighted by Crippen LogP contribution is -2.34. The molecule has 0 aliphatic carbocycles. The van der Waals surface area contributed by atoms with Gasteiger partial charge in [0.25, 0.3) is 0 Å². The quantitative estimate of drug-likeness (QED) is 0.0525. The average molecular weight is 1310 g/mol. The molecule has 92 heavy (non-hydrogen) atoms. The first-order chi connectivity index (χ1) is 44.8. The third-order valence-corrected chi connectivity index (χ3v) is 15.1. The van der Waals surface area contributed by atoms with Crippen molar-refractivity contribution in [2.45, 2.75) is 37.8 Å². The third kappa shape index (κ3) is 16.1. The van der Waals surface area contributed by atoms with Gasteiger partial charge in [0.1, 0.15) is 87.5 Å². The number of rotatable bonds is 16. The third-order valence-electron chi connectivity index (χ3n) is 14.5. The van der Waals surface area contributed by atoms with Crippen LogP contribution in [-0.2, 0) is 0 Å². The lowest BCUT2D eigenvalue weighted by molar-refractivity contribution is 0.255. The molecule has 0 saturated carbocycles. The summed E-state index contributed by atoms with van der Waals surface area (Å²) in [7, 11) is 9.69. The lowest BCUT2D eigenvalue weighted by atomic mass is 10.2. The normalized spacial score (nSPS) is 14.1. The number of methoxy groups -OCH3 is 6. The molecule has 9 aromatic heterocycles. The van der Waals surface area contributed by atoms with Crippen LogP contribution in [0.2, 0.25) is 15.7 Å². The number of benzene rings is 3. The number of nitrogens with one attached hydrogen (secondary N) is 3. The van der Waals surface area contributed by atoms with Gasteiger partial charge in [0.05, 0.1) is 97.6 Å². The Hall–Kier alpha value is -10.1. The van der Waals surface area contributed by atoms with E-state index in [0.717, 1.165) is 77.5 Å². The fourth-order valence-electron chi connectivity index (χ4n) is 9.81. The molecule has 3 aromatic carbocycles. The molecular weight excluding hydrogens is 1250 g/mol. The van der Waals surface area contributed by atoms with E-state index in [-0.39, 0.29) is 23.2 Å². The molecule has 0 amide bonds. The summed E-state index contributed by atoms with van der Waals surface area (Å²) >= 11 is 17.3. The van der Waals surface area contributed by atoms with Gasteiger partial charge >= 0.3 is 0 Å². The highest BCUT2D eigenvalue weighted by molar-refractivity contribution is 6.34. The number of fused-ring (bicyclic) bond motifs is 3. The zero-order chi connectivity index (χ0) is 64.7. The number of nitrogens with zero attached hydrogens (tertiary/aromatic N) is 16. The van der Waals surface area contributed by atoms with Gasteiger partial charge in [0, 0.05) is 85.8 Å². The fraction of sp³-hybridized carbons (Fsp3) is 0.262. The Morgan fingerprint density at radius 2 is 0.978 bits per heavy atom. The van der Waals surface area contributed by atoms with Crippen molar-refractivity contribution in [3.63, 3.8) is 0 Å².